The summed E-state index contributed by atoms with van der Waals surface area (Å²) in [4.78, 5) is 12.5. The van der Waals surface area contributed by atoms with Gasteiger partial charge in [0.2, 0.25) is 0 Å². The molecule has 0 heterocycles. The molecule has 0 aliphatic heterocycles. The van der Waals surface area contributed by atoms with Crippen LogP contribution in [0.3, 0.4) is 0 Å². The van der Waals surface area contributed by atoms with E-state index < -0.39 is 0 Å². The third-order valence-corrected chi connectivity index (χ3v) is 13.1. The number of ether oxygens (including phenoxy) is 1. The van der Waals surface area contributed by atoms with Crippen molar-refractivity contribution in [2.45, 2.75) is 329 Å². The molecule has 0 radical (unpaired) electrons. The summed E-state index contributed by atoms with van der Waals surface area (Å²) in [7, 11) is 0. The van der Waals surface area contributed by atoms with Crippen LogP contribution in [0.1, 0.15) is 323 Å². The van der Waals surface area contributed by atoms with E-state index >= 15 is 0 Å². The molecule has 0 aliphatic rings. The highest BCUT2D eigenvalue weighted by Gasteiger charge is 2.11. The summed E-state index contributed by atoms with van der Waals surface area (Å²) in [6.07, 6.45) is 72.8. The topological polar surface area (TPSA) is 38.3 Å². The lowest BCUT2D eigenvalue weighted by molar-refractivity contribution is -0.144. The molecule has 1 atom stereocenters. The van der Waals surface area contributed by atoms with Crippen molar-refractivity contribution in [1.29, 1.82) is 0 Å². The first-order valence-electron chi connectivity index (χ1n) is 28.4. The van der Waals surface area contributed by atoms with E-state index in [4.69, 9.17) is 4.74 Å². The van der Waals surface area contributed by atoms with Gasteiger partial charge in [-0.15, -0.1) is 0 Å². The Bertz CT molecular complexity index is 866. The van der Waals surface area contributed by atoms with Gasteiger partial charge in [0.25, 0.3) is 0 Å². The van der Waals surface area contributed by atoms with E-state index in [1.807, 2.05) is 0 Å². The summed E-state index contributed by atoms with van der Waals surface area (Å²) < 4.78 is 5.74. The first kappa shape index (κ1) is 59.9. The van der Waals surface area contributed by atoms with Gasteiger partial charge in [-0.1, -0.05) is 270 Å². The first-order valence-corrected chi connectivity index (χ1v) is 28.4. The van der Waals surface area contributed by atoms with Gasteiger partial charge in [-0.3, -0.25) is 4.79 Å². The molecule has 0 rings (SSSR count). The molecule has 0 saturated carbocycles. The van der Waals surface area contributed by atoms with Gasteiger partial charge < -0.3 is 10.1 Å². The zero-order chi connectivity index (χ0) is 44.0. The number of carbonyl (C=O) groups is 1. The van der Waals surface area contributed by atoms with Gasteiger partial charge in [-0.2, -0.15) is 0 Å². The number of carbonyl (C=O) groups excluding carboxylic acids is 1. The summed E-state index contributed by atoms with van der Waals surface area (Å²) in [5.74, 6) is -0.000568. The van der Waals surface area contributed by atoms with Crippen molar-refractivity contribution in [2.75, 3.05) is 13.2 Å². The molecule has 3 heteroatoms. The highest BCUT2D eigenvalue weighted by Crippen LogP contribution is 2.16. The van der Waals surface area contributed by atoms with Gasteiger partial charge in [0.05, 0.1) is 0 Å². The molecule has 1 N–H and O–H groups in total. The van der Waals surface area contributed by atoms with Crippen molar-refractivity contribution in [3.05, 3.63) is 24.3 Å². The lowest BCUT2D eigenvalue weighted by atomic mass is 10.0. The Hall–Kier alpha value is -1.09. The fourth-order valence-electron chi connectivity index (χ4n) is 8.81. The Kier molecular flexibility index (Phi) is 54.1. The average Bonchev–Trinajstić information content (AvgIpc) is 3.27. The average molecular weight is 857 g/mol. The molecule has 362 valence electrons. The second-order valence-electron chi connectivity index (χ2n) is 19.4. The van der Waals surface area contributed by atoms with Gasteiger partial charge in [0, 0.05) is 12.5 Å². The quantitative estimate of drug-likeness (QED) is 0.0376. The van der Waals surface area contributed by atoms with Crippen molar-refractivity contribution in [3.8, 4) is 0 Å². The molecule has 0 amide bonds. The molecule has 0 fully saturated rings. The van der Waals surface area contributed by atoms with E-state index in [0.717, 1.165) is 25.8 Å². The highest BCUT2D eigenvalue weighted by atomic mass is 16.5. The van der Waals surface area contributed by atoms with E-state index in [0.29, 0.717) is 19.1 Å². The first-order chi connectivity index (χ1) is 30.2. The van der Waals surface area contributed by atoms with Gasteiger partial charge >= 0.3 is 5.97 Å². The third kappa shape index (κ3) is 53.2. The molecular formula is C58H113NO2. The fourth-order valence-corrected chi connectivity index (χ4v) is 8.81. The maximum Gasteiger partial charge on any atom is 0.305 e. The Morgan fingerprint density at radius 2 is 0.639 bits per heavy atom. The van der Waals surface area contributed by atoms with Crippen molar-refractivity contribution in [2.24, 2.45) is 0 Å². The molecule has 0 spiro atoms. The van der Waals surface area contributed by atoms with Gasteiger partial charge in [0.15, 0.2) is 0 Å². The minimum absolute atomic E-state index is 0.000568. The van der Waals surface area contributed by atoms with Gasteiger partial charge in [0.1, 0.15) is 6.61 Å². The predicted molar refractivity (Wildman–Crippen MR) is 275 cm³/mol. The van der Waals surface area contributed by atoms with Crippen LogP contribution in [0.25, 0.3) is 0 Å². The molecule has 0 aromatic carbocycles. The van der Waals surface area contributed by atoms with Crippen molar-refractivity contribution in [1.82, 2.24) is 5.32 Å². The van der Waals surface area contributed by atoms with Crippen LogP contribution in [0.4, 0.5) is 0 Å². The van der Waals surface area contributed by atoms with Crippen molar-refractivity contribution >= 4 is 5.97 Å². The number of esters is 1. The summed E-state index contributed by atoms with van der Waals surface area (Å²) in [5, 5.41) is 3.72. The zero-order valence-corrected chi connectivity index (χ0v) is 42.4. The molecule has 3 nitrogen and oxygen atoms in total. The van der Waals surface area contributed by atoms with Gasteiger partial charge in [-0.05, 0) is 77.2 Å². The normalized spacial score (nSPS) is 12.4. The second-order valence-corrected chi connectivity index (χ2v) is 19.4. The molecule has 0 aromatic rings. The maximum absolute atomic E-state index is 12.5. The molecule has 61 heavy (non-hydrogen) atoms. The number of allylic oxidation sites excluding steroid dienone is 4. The number of rotatable bonds is 53. The molecule has 0 saturated heterocycles. The summed E-state index contributed by atoms with van der Waals surface area (Å²) in [6.45, 7) is 8.43. The van der Waals surface area contributed by atoms with Crippen LogP contribution in [0.5, 0.6) is 0 Å². The summed E-state index contributed by atoms with van der Waals surface area (Å²) in [6, 6.07) is 0.308. The SMILES string of the molecule is CCCCCCCCCCCCCCCC/C=C\CCCCCCCCNC(CCCC)COC(=O)CCCCCCC/C=C\CCCCCCCCCCCCCCCC. The van der Waals surface area contributed by atoms with Crippen LogP contribution < -0.4 is 5.32 Å². The van der Waals surface area contributed by atoms with Crippen LogP contribution in [-0.2, 0) is 9.53 Å². The smallest absolute Gasteiger partial charge is 0.305 e. The van der Waals surface area contributed by atoms with Crippen LogP contribution in [0.2, 0.25) is 0 Å². The lowest BCUT2D eigenvalue weighted by Crippen LogP contribution is -2.35. The molecule has 1 unspecified atom stereocenters. The van der Waals surface area contributed by atoms with Crippen molar-refractivity contribution in [3.63, 3.8) is 0 Å². The third-order valence-electron chi connectivity index (χ3n) is 13.1. The van der Waals surface area contributed by atoms with Crippen LogP contribution in [-0.4, -0.2) is 25.2 Å². The van der Waals surface area contributed by atoms with Gasteiger partial charge in [-0.25, -0.2) is 0 Å². The Morgan fingerprint density at radius 1 is 0.361 bits per heavy atom. The Morgan fingerprint density at radius 3 is 0.967 bits per heavy atom. The lowest BCUT2D eigenvalue weighted by Gasteiger charge is -2.18. The van der Waals surface area contributed by atoms with E-state index in [1.54, 1.807) is 0 Å². The van der Waals surface area contributed by atoms with E-state index in [1.165, 1.54) is 276 Å². The number of hydrogen-bond acceptors (Lipinski definition) is 3. The molecule has 0 bridgehead atoms. The molecule has 0 aliphatic carbocycles. The Balaban J connectivity index is 3.54. The minimum Gasteiger partial charge on any atom is -0.464 e. The number of hydrogen-bond donors (Lipinski definition) is 1. The number of unbranched alkanes of at least 4 members (excludes halogenated alkanes) is 40. The van der Waals surface area contributed by atoms with Crippen LogP contribution >= 0.6 is 0 Å². The van der Waals surface area contributed by atoms with E-state index in [-0.39, 0.29) is 5.97 Å². The minimum atomic E-state index is -0.000568. The molecule has 0 aromatic heterocycles. The second kappa shape index (κ2) is 55.0. The summed E-state index contributed by atoms with van der Waals surface area (Å²) >= 11 is 0. The summed E-state index contributed by atoms with van der Waals surface area (Å²) in [5.41, 5.74) is 0. The molecular weight excluding hydrogens is 743 g/mol. The van der Waals surface area contributed by atoms with Crippen LogP contribution in [0, 0.1) is 0 Å². The monoisotopic (exact) mass is 856 g/mol. The standard InChI is InChI=1S/C58H113NO2/c1-4-7-10-12-14-16-18-20-22-24-26-28-30-32-34-36-38-40-42-44-46-48-50-52-55-59-57(53-9-6-3)56-61-58(60)54-51-49-47-45-43-41-39-37-35-33-31-29-27-25-23-21-19-17-15-13-11-8-5-2/h36-39,57,59H,4-35,40-56H2,1-3H3/b38-36-,39-37-. The largest absolute Gasteiger partial charge is 0.464 e. The highest BCUT2D eigenvalue weighted by molar-refractivity contribution is 5.69. The predicted octanol–water partition coefficient (Wildman–Crippen LogP) is 20.0. The Labute approximate surface area is 385 Å². The van der Waals surface area contributed by atoms with Crippen molar-refractivity contribution < 1.29 is 9.53 Å². The number of nitrogens with one attached hydrogen (secondary N) is 1. The van der Waals surface area contributed by atoms with E-state index in [9.17, 15) is 4.79 Å². The fraction of sp³-hybridized carbons (Fsp3) is 0.914. The zero-order valence-electron chi connectivity index (χ0n) is 42.4. The van der Waals surface area contributed by atoms with E-state index in [2.05, 4.69) is 50.4 Å². The van der Waals surface area contributed by atoms with Crippen LogP contribution in [0.15, 0.2) is 24.3 Å². The maximum atomic E-state index is 12.5.